The van der Waals surface area contributed by atoms with Gasteiger partial charge in [0.05, 0.1) is 24.4 Å². The second-order valence-corrected chi connectivity index (χ2v) is 7.12. The first-order chi connectivity index (χ1) is 12.2. The average Bonchev–Trinajstić information content (AvgIpc) is 2.95. The van der Waals surface area contributed by atoms with Crippen molar-refractivity contribution in [3.63, 3.8) is 0 Å². The monoisotopic (exact) mass is 343 g/mol. The fourth-order valence-corrected chi connectivity index (χ4v) is 3.99. The Labute approximate surface area is 148 Å². The molecule has 0 aromatic carbocycles. The summed E-state index contributed by atoms with van der Waals surface area (Å²) >= 11 is 0. The number of nitrogens with zero attached hydrogens (tertiary/aromatic N) is 5. The topological polar surface area (TPSA) is 67.5 Å². The van der Waals surface area contributed by atoms with Gasteiger partial charge >= 0.3 is 0 Å². The van der Waals surface area contributed by atoms with Crippen LogP contribution in [0, 0.1) is 13.8 Å². The van der Waals surface area contributed by atoms with Crippen LogP contribution in [0.2, 0.25) is 0 Å². The second-order valence-electron chi connectivity index (χ2n) is 7.12. The maximum atomic E-state index is 6.29. The molecule has 4 rings (SSSR count). The molecule has 134 valence electrons. The number of likely N-dealkylation sites (tertiary alicyclic amines) is 1. The lowest BCUT2D eigenvalue weighted by atomic mass is 9.90. The lowest BCUT2D eigenvalue weighted by molar-refractivity contribution is -0.0989. The van der Waals surface area contributed by atoms with Crippen LogP contribution in [0.4, 0.5) is 5.95 Å². The molecule has 0 bridgehead atoms. The number of ether oxygens (including phenoxy) is 1. The van der Waals surface area contributed by atoms with Gasteiger partial charge in [-0.25, -0.2) is 9.97 Å². The van der Waals surface area contributed by atoms with Crippen LogP contribution >= 0.6 is 0 Å². The van der Waals surface area contributed by atoms with Crippen LogP contribution in [0.1, 0.15) is 29.9 Å². The van der Waals surface area contributed by atoms with E-state index in [1.807, 2.05) is 19.9 Å². The largest absolute Gasteiger partial charge is 0.370 e. The van der Waals surface area contributed by atoms with Crippen molar-refractivity contribution in [2.45, 2.75) is 38.8 Å². The summed E-state index contributed by atoms with van der Waals surface area (Å²) in [6, 6.07) is 1.85. The number of piperidine rings is 1. The Morgan fingerprint density at radius 2 is 2.00 bits per heavy atom. The summed E-state index contributed by atoms with van der Waals surface area (Å²) in [4.78, 5) is 13.5. The molecule has 7 heteroatoms. The van der Waals surface area contributed by atoms with Gasteiger partial charge in [0.25, 0.3) is 0 Å². The summed E-state index contributed by atoms with van der Waals surface area (Å²) in [6.45, 7) is 9.27. The van der Waals surface area contributed by atoms with Gasteiger partial charge in [-0.3, -0.25) is 4.90 Å². The summed E-state index contributed by atoms with van der Waals surface area (Å²) in [7, 11) is 0. The maximum absolute atomic E-state index is 6.29. The van der Waals surface area contributed by atoms with Crippen molar-refractivity contribution in [2.24, 2.45) is 0 Å². The molecule has 2 fully saturated rings. The van der Waals surface area contributed by atoms with E-state index in [0.717, 1.165) is 69.6 Å². The molecule has 2 aromatic rings. The zero-order valence-corrected chi connectivity index (χ0v) is 14.9. The fourth-order valence-electron chi connectivity index (χ4n) is 3.99. The quantitative estimate of drug-likeness (QED) is 0.844. The molecule has 0 saturated carbocycles. The maximum Gasteiger partial charge on any atom is 0.225 e. The van der Waals surface area contributed by atoms with Crippen molar-refractivity contribution in [1.82, 2.24) is 20.0 Å². The Kier molecular flexibility index (Phi) is 4.43. The van der Waals surface area contributed by atoms with Crippen molar-refractivity contribution in [3.8, 4) is 0 Å². The van der Waals surface area contributed by atoms with Gasteiger partial charge in [-0.15, -0.1) is 0 Å². The lowest BCUT2D eigenvalue weighted by Crippen LogP contribution is -2.60. The van der Waals surface area contributed by atoms with E-state index >= 15 is 0 Å². The van der Waals surface area contributed by atoms with E-state index in [4.69, 9.17) is 9.26 Å². The molecule has 7 nitrogen and oxygen atoms in total. The lowest BCUT2D eigenvalue weighted by Gasteiger charge is -2.48. The van der Waals surface area contributed by atoms with Crippen molar-refractivity contribution < 1.29 is 9.26 Å². The van der Waals surface area contributed by atoms with Gasteiger partial charge < -0.3 is 14.2 Å². The highest BCUT2D eigenvalue weighted by Gasteiger charge is 2.41. The standard InChI is InChI=1S/C18H25N5O2/c1-14-16(15(2)25-21-14)11-22-8-3-5-18(12-22)13-23(9-10-24-18)17-19-6-4-7-20-17/h4,6-7H,3,5,8-13H2,1-2H3/t18-/m0/s1. The van der Waals surface area contributed by atoms with Gasteiger partial charge in [0.2, 0.25) is 5.95 Å². The minimum absolute atomic E-state index is 0.144. The summed E-state index contributed by atoms with van der Waals surface area (Å²) in [5, 5.41) is 4.08. The van der Waals surface area contributed by atoms with Crippen LogP contribution in [0.15, 0.2) is 23.0 Å². The van der Waals surface area contributed by atoms with Crippen LogP contribution in [0.25, 0.3) is 0 Å². The van der Waals surface area contributed by atoms with Gasteiger partial charge in [-0.1, -0.05) is 5.16 Å². The first-order valence-electron chi connectivity index (χ1n) is 8.95. The SMILES string of the molecule is Cc1noc(C)c1CN1CCC[C@]2(C1)CN(c1ncccn1)CCO2. The molecule has 2 aromatic heterocycles. The number of rotatable bonds is 3. The molecule has 0 N–H and O–H groups in total. The van der Waals surface area contributed by atoms with E-state index < -0.39 is 0 Å². The molecule has 2 aliphatic rings. The van der Waals surface area contributed by atoms with E-state index in [-0.39, 0.29) is 5.60 Å². The summed E-state index contributed by atoms with van der Waals surface area (Å²) < 4.78 is 11.6. The summed E-state index contributed by atoms with van der Waals surface area (Å²) in [6.07, 6.45) is 5.81. The minimum atomic E-state index is -0.144. The molecule has 25 heavy (non-hydrogen) atoms. The molecule has 0 aliphatic carbocycles. The molecule has 0 radical (unpaired) electrons. The Morgan fingerprint density at radius 3 is 2.76 bits per heavy atom. The van der Waals surface area contributed by atoms with Gasteiger partial charge in [0.15, 0.2) is 0 Å². The molecule has 1 spiro atoms. The van der Waals surface area contributed by atoms with E-state index in [0.29, 0.717) is 0 Å². The number of aryl methyl sites for hydroxylation is 2. The smallest absolute Gasteiger partial charge is 0.225 e. The third-order valence-electron chi connectivity index (χ3n) is 5.26. The zero-order chi connectivity index (χ0) is 17.3. The third kappa shape index (κ3) is 3.39. The Morgan fingerprint density at radius 1 is 1.16 bits per heavy atom. The van der Waals surface area contributed by atoms with Gasteiger partial charge in [-0.05, 0) is 39.3 Å². The number of hydrogen-bond acceptors (Lipinski definition) is 7. The molecular formula is C18H25N5O2. The highest BCUT2D eigenvalue weighted by molar-refractivity contribution is 5.31. The second kappa shape index (κ2) is 6.72. The van der Waals surface area contributed by atoms with Crippen molar-refractivity contribution >= 4 is 5.95 Å². The number of aromatic nitrogens is 3. The normalized spacial score (nSPS) is 24.8. The first kappa shape index (κ1) is 16.5. The van der Waals surface area contributed by atoms with Crippen molar-refractivity contribution in [3.05, 3.63) is 35.5 Å². The molecule has 4 heterocycles. The summed E-state index contributed by atoms with van der Waals surface area (Å²) in [5.74, 6) is 1.72. The van der Waals surface area contributed by atoms with Gasteiger partial charge in [0.1, 0.15) is 5.76 Å². The van der Waals surface area contributed by atoms with Crippen LogP contribution in [-0.4, -0.2) is 58.4 Å². The molecule has 0 amide bonds. The van der Waals surface area contributed by atoms with E-state index in [1.165, 1.54) is 5.56 Å². The van der Waals surface area contributed by atoms with Crippen LogP contribution in [0.3, 0.4) is 0 Å². The predicted molar refractivity (Wildman–Crippen MR) is 93.4 cm³/mol. The third-order valence-corrected chi connectivity index (χ3v) is 5.26. The Balaban J connectivity index is 1.48. The number of hydrogen-bond donors (Lipinski definition) is 0. The molecule has 2 saturated heterocycles. The molecule has 0 unspecified atom stereocenters. The van der Waals surface area contributed by atoms with Crippen LogP contribution in [0.5, 0.6) is 0 Å². The molecular weight excluding hydrogens is 318 g/mol. The van der Waals surface area contributed by atoms with Gasteiger partial charge in [0, 0.05) is 37.6 Å². The van der Waals surface area contributed by atoms with Crippen LogP contribution in [-0.2, 0) is 11.3 Å². The average molecular weight is 343 g/mol. The van der Waals surface area contributed by atoms with E-state index in [2.05, 4.69) is 24.9 Å². The Hall–Kier alpha value is -1.99. The summed E-state index contributed by atoms with van der Waals surface area (Å²) in [5.41, 5.74) is 2.05. The minimum Gasteiger partial charge on any atom is -0.370 e. The number of morpholine rings is 1. The van der Waals surface area contributed by atoms with Crippen LogP contribution < -0.4 is 4.90 Å². The zero-order valence-electron chi connectivity index (χ0n) is 14.9. The predicted octanol–water partition coefficient (Wildman–Crippen LogP) is 1.95. The van der Waals surface area contributed by atoms with Crippen molar-refractivity contribution in [2.75, 3.05) is 37.7 Å². The van der Waals surface area contributed by atoms with Gasteiger partial charge in [-0.2, -0.15) is 0 Å². The Bertz CT molecular complexity index is 696. The number of anilines is 1. The molecule has 2 aliphatic heterocycles. The van der Waals surface area contributed by atoms with E-state index in [9.17, 15) is 0 Å². The fraction of sp³-hybridized carbons (Fsp3) is 0.611. The van der Waals surface area contributed by atoms with Crippen molar-refractivity contribution in [1.29, 1.82) is 0 Å². The highest BCUT2D eigenvalue weighted by atomic mass is 16.5. The highest BCUT2D eigenvalue weighted by Crippen LogP contribution is 2.31. The molecule has 1 atom stereocenters. The van der Waals surface area contributed by atoms with E-state index in [1.54, 1.807) is 12.4 Å². The first-order valence-corrected chi connectivity index (χ1v) is 8.95.